The summed E-state index contributed by atoms with van der Waals surface area (Å²) < 4.78 is 29.8. The van der Waals surface area contributed by atoms with E-state index in [9.17, 15) is 13.2 Å². The summed E-state index contributed by atoms with van der Waals surface area (Å²) in [7, 11) is -3.39. The Morgan fingerprint density at radius 3 is 2.57 bits per heavy atom. The van der Waals surface area contributed by atoms with E-state index in [1.165, 1.54) is 12.3 Å². The second-order valence-electron chi connectivity index (χ2n) is 6.51. The number of aromatic nitrogens is 4. The van der Waals surface area contributed by atoms with Crippen molar-refractivity contribution >= 4 is 50.1 Å². The number of aromatic amines is 1. The van der Waals surface area contributed by atoms with E-state index in [0.717, 1.165) is 11.8 Å². The van der Waals surface area contributed by atoms with Crippen LogP contribution in [0.1, 0.15) is 5.56 Å². The summed E-state index contributed by atoms with van der Waals surface area (Å²) in [5, 5.41) is 6.20. The number of benzene rings is 1. The van der Waals surface area contributed by atoms with Crippen LogP contribution in [0.3, 0.4) is 0 Å². The molecule has 30 heavy (non-hydrogen) atoms. The van der Waals surface area contributed by atoms with Crippen LogP contribution in [0.5, 0.6) is 0 Å². The van der Waals surface area contributed by atoms with Crippen molar-refractivity contribution in [2.45, 2.75) is 6.92 Å². The van der Waals surface area contributed by atoms with Gasteiger partial charge in [0.1, 0.15) is 11.6 Å². The van der Waals surface area contributed by atoms with E-state index < -0.39 is 15.8 Å². The van der Waals surface area contributed by atoms with Crippen LogP contribution in [-0.2, 0) is 10.0 Å². The largest absolute Gasteiger partial charge is 0.417 e. The van der Waals surface area contributed by atoms with Gasteiger partial charge in [0.15, 0.2) is 5.58 Å². The van der Waals surface area contributed by atoms with Gasteiger partial charge in [-0.25, -0.2) is 23.2 Å². The summed E-state index contributed by atoms with van der Waals surface area (Å²) in [6.45, 7) is 1.86. The quantitative estimate of drug-likeness (QED) is 0.363. The summed E-state index contributed by atoms with van der Waals surface area (Å²) >= 11 is 0. The average Bonchev–Trinajstić information content (AvgIpc) is 3.04. The summed E-state index contributed by atoms with van der Waals surface area (Å²) in [5.74, 6) is 0.591. The van der Waals surface area contributed by atoms with E-state index in [2.05, 4.69) is 35.3 Å². The Kier molecular flexibility index (Phi) is 4.83. The minimum Gasteiger partial charge on any atom is -0.408 e. The zero-order chi connectivity index (χ0) is 21.3. The number of aryl methyl sites for hydroxylation is 1. The van der Waals surface area contributed by atoms with Crippen LogP contribution in [0.25, 0.3) is 11.1 Å². The normalized spacial score (nSPS) is 11.4. The molecule has 0 spiro atoms. The van der Waals surface area contributed by atoms with Crippen molar-refractivity contribution in [3.05, 3.63) is 58.8 Å². The number of pyridine rings is 1. The smallest absolute Gasteiger partial charge is 0.408 e. The molecule has 0 saturated carbocycles. The third-order valence-electron chi connectivity index (χ3n) is 3.96. The molecule has 3 heterocycles. The number of nitrogens with one attached hydrogen (secondary N) is 4. The number of nitrogens with zero attached hydrogens (tertiary/aromatic N) is 3. The lowest BCUT2D eigenvalue weighted by Gasteiger charge is -2.11. The lowest BCUT2D eigenvalue weighted by Crippen LogP contribution is -2.10. The van der Waals surface area contributed by atoms with Crippen LogP contribution >= 0.6 is 0 Å². The van der Waals surface area contributed by atoms with Crippen LogP contribution < -0.4 is 21.1 Å². The highest BCUT2D eigenvalue weighted by molar-refractivity contribution is 7.92. The molecular formula is C18H17N7O4S. The van der Waals surface area contributed by atoms with Crippen molar-refractivity contribution in [2.24, 2.45) is 0 Å². The van der Waals surface area contributed by atoms with Gasteiger partial charge in [-0.05, 0) is 37.3 Å². The molecule has 0 aliphatic carbocycles. The molecule has 0 unspecified atom stereocenters. The van der Waals surface area contributed by atoms with Gasteiger partial charge in [0, 0.05) is 17.4 Å². The summed E-state index contributed by atoms with van der Waals surface area (Å²) in [5.41, 5.74) is 3.15. The molecule has 4 N–H and O–H groups in total. The third-order valence-corrected chi connectivity index (χ3v) is 4.54. The number of H-pyrrole nitrogens is 1. The lowest BCUT2D eigenvalue weighted by atomic mass is 10.2. The highest BCUT2D eigenvalue weighted by atomic mass is 32.2. The van der Waals surface area contributed by atoms with Gasteiger partial charge in [0.25, 0.3) is 0 Å². The second-order valence-corrected chi connectivity index (χ2v) is 8.26. The zero-order valence-electron chi connectivity index (χ0n) is 15.9. The predicted octanol–water partition coefficient (Wildman–Crippen LogP) is 2.47. The molecule has 0 radical (unpaired) electrons. The van der Waals surface area contributed by atoms with Gasteiger partial charge in [-0.2, -0.15) is 4.98 Å². The fraction of sp³-hybridized carbons (Fsp3) is 0.111. The SMILES string of the molecule is Cc1cnc(Nc2ccc(NS(C)(=O)=O)nc2)nc1Nc1ccc2oc(=O)[nH]c2c1. The first-order chi connectivity index (χ1) is 14.2. The molecular weight excluding hydrogens is 410 g/mol. The number of anilines is 5. The van der Waals surface area contributed by atoms with E-state index in [-0.39, 0.29) is 5.82 Å². The zero-order valence-corrected chi connectivity index (χ0v) is 16.7. The highest BCUT2D eigenvalue weighted by Gasteiger charge is 2.08. The first kappa shape index (κ1) is 19.4. The molecule has 0 atom stereocenters. The van der Waals surface area contributed by atoms with Crippen LogP contribution in [0.15, 0.2) is 51.9 Å². The van der Waals surface area contributed by atoms with Gasteiger partial charge in [-0.1, -0.05) is 0 Å². The molecule has 0 fully saturated rings. The van der Waals surface area contributed by atoms with E-state index >= 15 is 0 Å². The van der Waals surface area contributed by atoms with Gasteiger partial charge in [-0.3, -0.25) is 9.71 Å². The number of oxazole rings is 1. The van der Waals surface area contributed by atoms with Crippen LogP contribution in [-0.4, -0.2) is 34.6 Å². The fourth-order valence-electron chi connectivity index (χ4n) is 2.64. The molecule has 4 rings (SSSR count). The fourth-order valence-corrected chi connectivity index (χ4v) is 3.14. The van der Waals surface area contributed by atoms with Gasteiger partial charge in [0.2, 0.25) is 16.0 Å². The molecule has 0 aliphatic heterocycles. The minimum absolute atomic E-state index is 0.211. The Balaban J connectivity index is 1.53. The standard InChI is InChI=1S/C18H17N7O4S/c1-10-8-20-17(22-12-4-6-15(19-9-12)25-30(2,27)28)24-16(10)21-11-3-5-14-13(7-11)23-18(26)29-14/h3-9H,1-2H3,(H,19,25)(H,23,26)(H2,20,21,22,24). The van der Waals surface area contributed by atoms with Gasteiger partial charge >= 0.3 is 5.76 Å². The first-order valence-corrected chi connectivity index (χ1v) is 10.6. The van der Waals surface area contributed by atoms with E-state index in [1.54, 1.807) is 30.5 Å². The van der Waals surface area contributed by atoms with E-state index in [1.807, 2.05) is 6.92 Å². The van der Waals surface area contributed by atoms with Gasteiger partial charge in [0.05, 0.1) is 23.7 Å². The van der Waals surface area contributed by atoms with E-state index in [0.29, 0.717) is 34.2 Å². The monoisotopic (exact) mass is 427 g/mol. The topological polar surface area (TPSA) is 155 Å². The molecule has 0 bridgehead atoms. The maximum absolute atomic E-state index is 11.3. The van der Waals surface area contributed by atoms with E-state index in [4.69, 9.17) is 4.42 Å². The third kappa shape index (κ3) is 4.55. The molecule has 3 aromatic heterocycles. The summed E-state index contributed by atoms with van der Waals surface area (Å²) in [6, 6.07) is 8.37. The maximum Gasteiger partial charge on any atom is 0.417 e. The first-order valence-electron chi connectivity index (χ1n) is 8.69. The van der Waals surface area contributed by atoms with Crippen LogP contribution in [0, 0.1) is 6.92 Å². The van der Waals surface area contributed by atoms with Crippen LogP contribution in [0.4, 0.5) is 29.0 Å². The van der Waals surface area contributed by atoms with Crippen molar-refractivity contribution in [1.29, 1.82) is 0 Å². The number of hydrogen-bond donors (Lipinski definition) is 4. The predicted molar refractivity (Wildman–Crippen MR) is 113 cm³/mol. The maximum atomic E-state index is 11.3. The Bertz CT molecular complexity index is 1380. The summed E-state index contributed by atoms with van der Waals surface area (Å²) in [6.07, 6.45) is 4.17. The van der Waals surface area contributed by atoms with Crippen molar-refractivity contribution in [2.75, 3.05) is 21.6 Å². The Hall–Kier alpha value is -3.93. The molecule has 0 aliphatic rings. The van der Waals surface area contributed by atoms with Crippen molar-refractivity contribution < 1.29 is 12.8 Å². The molecule has 4 aromatic rings. The van der Waals surface area contributed by atoms with Gasteiger partial charge < -0.3 is 15.1 Å². The number of rotatable bonds is 6. The number of fused-ring (bicyclic) bond motifs is 1. The number of hydrogen-bond acceptors (Lipinski definition) is 9. The van der Waals surface area contributed by atoms with Crippen molar-refractivity contribution in [1.82, 2.24) is 19.9 Å². The molecule has 1 aromatic carbocycles. The lowest BCUT2D eigenvalue weighted by molar-refractivity contribution is 0.555. The minimum atomic E-state index is -3.39. The molecule has 0 saturated heterocycles. The van der Waals surface area contributed by atoms with Crippen molar-refractivity contribution in [3.8, 4) is 0 Å². The van der Waals surface area contributed by atoms with Crippen molar-refractivity contribution in [3.63, 3.8) is 0 Å². The molecule has 0 amide bonds. The highest BCUT2D eigenvalue weighted by Crippen LogP contribution is 2.23. The van der Waals surface area contributed by atoms with Gasteiger partial charge in [-0.15, -0.1) is 0 Å². The molecule has 154 valence electrons. The molecule has 12 heteroatoms. The Morgan fingerprint density at radius 1 is 1.03 bits per heavy atom. The number of sulfonamides is 1. The molecule has 11 nitrogen and oxygen atoms in total. The Labute approximate surface area is 170 Å². The average molecular weight is 427 g/mol. The Morgan fingerprint density at radius 2 is 1.83 bits per heavy atom. The second kappa shape index (κ2) is 7.48. The summed E-state index contributed by atoms with van der Waals surface area (Å²) in [4.78, 5) is 26.7. The van der Waals surface area contributed by atoms with Crippen LogP contribution in [0.2, 0.25) is 0 Å².